The third-order valence-corrected chi connectivity index (χ3v) is 3.36. The minimum Gasteiger partial charge on any atom is -0.486 e. The first kappa shape index (κ1) is 12.7. The number of H-pyrrole nitrogens is 1. The van der Waals surface area contributed by atoms with Crippen molar-refractivity contribution in [3.05, 3.63) is 53.5 Å². The van der Waals surface area contributed by atoms with Gasteiger partial charge in [-0.2, -0.15) is 0 Å². The number of pyridine rings is 1. The summed E-state index contributed by atoms with van der Waals surface area (Å²) in [7, 11) is 0. The van der Waals surface area contributed by atoms with Crippen molar-refractivity contribution >= 4 is 11.2 Å². The van der Waals surface area contributed by atoms with Gasteiger partial charge in [-0.25, -0.2) is 9.97 Å². The van der Waals surface area contributed by atoms with Crippen LogP contribution in [0.15, 0.2) is 36.5 Å². The third kappa shape index (κ3) is 2.50. The highest BCUT2D eigenvalue weighted by molar-refractivity contribution is 5.74. The van der Waals surface area contributed by atoms with Crippen molar-refractivity contribution in [3.8, 4) is 5.75 Å². The predicted octanol–water partition coefficient (Wildman–Crippen LogP) is 3.41. The summed E-state index contributed by atoms with van der Waals surface area (Å²) in [6, 6.07) is 10.1. The van der Waals surface area contributed by atoms with E-state index < -0.39 is 0 Å². The lowest BCUT2D eigenvalue weighted by Gasteiger charge is -2.04. The van der Waals surface area contributed by atoms with E-state index in [1.165, 1.54) is 5.56 Å². The van der Waals surface area contributed by atoms with Crippen LogP contribution in [0.3, 0.4) is 0 Å². The lowest BCUT2D eigenvalue weighted by molar-refractivity contribution is 0.297. The Morgan fingerprint density at radius 3 is 2.65 bits per heavy atom. The maximum Gasteiger partial charge on any atom is 0.178 e. The Balaban J connectivity index is 1.74. The summed E-state index contributed by atoms with van der Waals surface area (Å²) in [5, 5.41) is 0. The van der Waals surface area contributed by atoms with E-state index in [2.05, 4.69) is 34.0 Å². The van der Waals surface area contributed by atoms with Crippen molar-refractivity contribution in [2.45, 2.75) is 26.9 Å². The zero-order valence-electron chi connectivity index (χ0n) is 11.7. The van der Waals surface area contributed by atoms with Crippen LogP contribution in [0, 0.1) is 6.92 Å². The number of aryl methyl sites for hydroxylation is 2. The summed E-state index contributed by atoms with van der Waals surface area (Å²) < 4.78 is 5.74. The van der Waals surface area contributed by atoms with Crippen molar-refractivity contribution < 1.29 is 4.74 Å². The molecule has 20 heavy (non-hydrogen) atoms. The van der Waals surface area contributed by atoms with Gasteiger partial charge in [0, 0.05) is 6.20 Å². The average molecular weight is 267 g/mol. The van der Waals surface area contributed by atoms with E-state index in [1.54, 1.807) is 6.20 Å². The van der Waals surface area contributed by atoms with Crippen LogP contribution in [0.25, 0.3) is 11.2 Å². The number of imidazole rings is 1. The first-order valence-corrected chi connectivity index (χ1v) is 6.78. The molecular formula is C16H17N3O. The number of aromatic amines is 1. The zero-order valence-corrected chi connectivity index (χ0v) is 11.7. The minimum absolute atomic E-state index is 0.418. The molecule has 3 aromatic rings. The predicted molar refractivity (Wildman–Crippen MR) is 78.8 cm³/mol. The molecular weight excluding hydrogens is 250 g/mol. The van der Waals surface area contributed by atoms with Crippen LogP contribution in [0.1, 0.15) is 23.9 Å². The second kappa shape index (κ2) is 5.33. The third-order valence-electron chi connectivity index (χ3n) is 3.36. The summed E-state index contributed by atoms with van der Waals surface area (Å²) in [4.78, 5) is 11.9. The molecule has 0 aliphatic rings. The lowest BCUT2D eigenvalue weighted by Crippen LogP contribution is -1.97. The van der Waals surface area contributed by atoms with E-state index >= 15 is 0 Å². The average Bonchev–Trinajstić information content (AvgIpc) is 2.90. The molecule has 0 amide bonds. The van der Waals surface area contributed by atoms with Gasteiger partial charge in [-0.15, -0.1) is 0 Å². The van der Waals surface area contributed by atoms with E-state index in [-0.39, 0.29) is 0 Å². The van der Waals surface area contributed by atoms with Gasteiger partial charge in [0.05, 0.1) is 5.52 Å². The molecule has 0 saturated heterocycles. The number of benzene rings is 1. The number of nitrogens with one attached hydrogen (secondary N) is 1. The number of fused-ring (bicyclic) bond motifs is 1. The Labute approximate surface area is 117 Å². The summed E-state index contributed by atoms with van der Waals surface area (Å²) in [5.74, 6) is 1.65. The lowest BCUT2D eigenvalue weighted by atomic mass is 10.2. The van der Waals surface area contributed by atoms with Crippen molar-refractivity contribution in [1.82, 2.24) is 15.0 Å². The minimum atomic E-state index is 0.418. The van der Waals surface area contributed by atoms with Crippen LogP contribution >= 0.6 is 0 Å². The van der Waals surface area contributed by atoms with Crippen molar-refractivity contribution in [1.29, 1.82) is 0 Å². The standard InChI is InChI=1S/C16H17N3O/c1-3-12-4-6-13(7-5-12)20-10-14-18-15-11(2)8-9-17-16(15)19-14/h4-9H,3,10H2,1-2H3,(H,17,18,19). The molecule has 0 radical (unpaired) electrons. The molecule has 2 heterocycles. The molecule has 4 nitrogen and oxygen atoms in total. The van der Waals surface area contributed by atoms with Gasteiger partial charge in [0.2, 0.25) is 0 Å². The van der Waals surface area contributed by atoms with Crippen LogP contribution < -0.4 is 4.74 Å². The van der Waals surface area contributed by atoms with Gasteiger partial charge < -0.3 is 9.72 Å². The Hall–Kier alpha value is -2.36. The SMILES string of the molecule is CCc1ccc(OCc2nc3nccc(C)c3[nH]2)cc1. The maximum atomic E-state index is 5.74. The molecule has 0 aliphatic heterocycles. The van der Waals surface area contributed by atoms with Crippen LogP contribution in [0.2, 0.25) is 0 Å². The van der Waals surface area contributed by atoms with Crippen LogP contribution in [0.5, 0.6) is 5.75 Å². The molecule has 1 aromatic carbocycles. The van der Waals surface area contributed by atoms with E-state index in [9.17, 15) is 0 Å². The van der Waals surface area contributed by atoms with E-state index in [1.807, 2.05) is 25.1 Å². The Kier molecular flexibility index (Phi) is 3.37. The second-order valence-corrected chi connectivity index (χ2v) is 4.80. The van der Waals surface area contributed by atoms with E-state index in [0.717, 1.165) is 34.7 Å². The number of ether oxygens (including phenoxy) is 1. The van der Waals surface area contributed by atoms with E-state index in [0.29, 0.717) is 6.61 Å². The molecule has 0 spiro atoms. The topological polar surface area (TPSA) is 50.8 Å². The summed E-state index contributed by atoms with van der Waals surface area (Å²) in [5.41, 5.74) is 4.17. The number of hydrogen-bond donors (Lipinski definition) is 1. The van der Waals surface area contributed by atoms with E-state index in [4.69, 9.17) is 4.74 Å². The molecule has 0 saturated carbocycles. The quantitative estimate of drug-likeness (QED) is 0.788. The number of hydrogen-bond acceptors (Lipinski definition) is 3. The van der Waals surface area contributed by atoms with Gasteiger partial charge in [0.25, 0.3) is 0 Å². The molecule has 0 atom stereocenters. The van der Waals surface area contributed by atoms with Crippen molar-refractivity contribution in [2.24, 2.45) is 0 Å². The molecule has 2 aromatic heterocycles. The first-order chi connectivity index (χ1) is 9.76. The van der Waals surface area contributed by atoms with Gasteiger partial charge in [0.15, 0.2) is 5.65 Å². The maximum absolute atomic E-state index is 5.74. The van der Waals surface area contributed by atoms with Crippen LogP contribution in [-0.2, 0) is 13.0 Å². The molecule has 3 rings (SSSR count). The fraction of sp³-hybridized carbons (Fsp3) is 0.250. The van der Waals surface area contributed by atoms with Gasteiger partial charge in [-0.3, -0.25) is 0 Å². The molecule has 0 fully saturated rings. The fourth-order valence-corrected chi connectivity index (χ4v) is 2.12. The molecule has 0 bridgehead atoms. The monoisotopic (exact) mass is 267 g/mol. The van der Waals surface area contributed by atoms with Gasteiger partial charge in [0.1, 0.15) is 18.2 Å². The smallest absolute Gasteiger partial charge is 0.178 e. The molecule has 0 unspecified atom stereocenters. The highest BCUT2D eigenvalue weighted by Crippen LogP contribution is 2.16. The fourth-order valence-electron chi connectivity index (χ4n) is 2.12. The molecule has 1 N–H and O–H groups in total. The Morgan fingerprint density at radius 1 is 1.15 bits per heavy atom. The summed E-state index contributed by atoms with van der Waals surface area (Å²) in [6.07, 6.45) is 2.81. The number of aromatic nitrogens is 3. The highest BCUT2D eigenvalue weighted by Gasteiger charge is 2.06. The molecule has 102 valence electrons. The number of rotatable bonds is 4. The largest absolute Gasteiger partial charge is 0.486 e. The van der Waals surface area contributed by atoms with Gasteiger partial charge >= 0.3 is 0 Å². The van der Waals surface area contributed by atoms with Gasteiger partial charge in [-0.1, -0.05) is 19.1 Å². The van der Waals surface area contributed by atoms with Crippen molar-refractivity contribution in [3.63, 3.8) is 0 Å². The van der Waals surface area contributed by atoms with Crippen LogP contribution in [0.4, 0.5) is 0 Å². The number of nitrogens with zero attached hydrogens (tertiary/aromatic N) is 2. The van der Waals surface area contributed by atoms with Crippen molar-refractivity contribution in [2.75, 3.05) is 0 Å². The Morgan fingerprint density at radius 2 is 1.95 bits per heavy atom. The normalized spacial score (nSPS) is 10.9. The van der Waals surface area contributed by atoms with Crippen LogP contribution in [-0.4, -0.2) is 15.0 Å². The van der Waals surface area contributed by atoms with Gasteiger partial charge in [-0.05, 0) is 42.7 Å². The molecule has 0 aliphatic carbocycles. The zero-order chi connectivity index (χ0) is 13.9. The Bertz CT molecular complexity index is 716. The summed E-state index contributed by atoms with van der Waals surface area (Å²) >= 11 is 0. The highest BCUT2D eigenvalue weighted by atomic mass is 16.5. The summed E-state index contributed by atoms with van der Waals surface area (Å²) in [6.45, 7) is 4.59. The molecule has 4 heteroatoms. The second-order valence-electron chi connectivity index (χ2n) is 4.80. The first-order valence-electron chi connectivity index (χ1n) is 6.78.